The van der Waals surface area contributed by atoms with E-state index in [0.717, 1.165) is 4.47 Å². The predicted molar refractivity (Wildman–Crippen MR) is 82.8 cm³/mol. The first-order valence-electron chi connectivity index (χ1n) is 6.17. The second-order valence-electron chi connectivity index (χ2n) is 4.47. The fourth-order valence-corrected chi connectivity index (χ4v) is 2.55. The SMILES string of the molecule is Cn1nnc(-c2cc(Br)cnc2N)[n+]1-c1cccc(Cl)c1F. The zero-order valence-corrected chi connectivity index (χ0v) is 13.7. The second-order valence-corrected chi connectivity index (χ2v) is 5.80. The molecule has 0 radical (unpaired) electrons. The first kappa shape index (κ1) is 14.9. The molecule has 0 bridgehead atoms. The number of hydrogen-bond acceptors (Lipinski definition) is 4. The smallest absolute Gasteiger partial charge is 0.341 e. The standard InChI is InChI=1S/C13H9BrClFN6/c1-21-20-19-13(8-5-7(14)6-18-12(8)17)22(21)10-4-2-3-9(15)11(10)16/h2-6,17H,1H3/p+1. The van der Waals surface area contributed by atoms with Gasteiger partial charge in [-0.25, -0.2) is 9.37 Å². The van der Waals surface area contributed by atoms with Gasteiger partial charge in [0, 0.05) is 10.7 Å². The second kappa shape index (κ2) is 5.62. The lowest BCUT2D eigenvalue weighted by molar-refractivity contribution is -0.679. The molecule has 6 nitrogen and oxygen atoms in total. The molecule has 0 unspecified atom stereocenters. The van der Waals surface area contributed by atoms with Crippen LogP contribution in [0.15, 0.2) is 34.9 Å². The van der Waals surface area contributed by atoms with E-state index in [1.54, 1.807) is 31.4 Å². The molecular formula is C13H10BrClFN6+. The number of tetrazole rings is 1. The largest absolute Gasteiger partial charge is 0.383 e. The van der Waals surface area contributed by atoms with Gasteiger partial charge in [-0.05, 0) is 34.1 Å². The molecule has 22 heavy (non-hydrogen) atoms. The Hall–Kier alpha value is -2.06. The summed E-state index contributed by atoms with van der Waals surface area (Å²) in [5.41, 5.74) is 6.65. The molecule has 9 heteroatoms. The molecule has 3 aromatic rings. The molecule has 0 aliphatic carbocycles. The number of halogens is 3. The average molecular weight is 385 g/mol. The number of aromatic nitrogens is 5. The highest BCUT2D eigenvalue weighted by molar-refractivity contribution is 9.10. The Morgan fingerprint density at radius 1 is 1.41 bits per heavy atom. The first-order chi connectivity index (χ1) is 10.5. The molecule has 3 rings (SSSR count). The van der Waals surface area contributed by atoms with Gasteiger partial charge in [0.15, 0.2) is 16.7 Å². The van der Waals surface area contributed by atoms with Crippen LogP contribution in [0.25, 0.3) is 17.1 Å². The molecule has 0 saturated carbocycles. The van der Waals surface area contributed by atoms with E-state index in [0.29, 0.717) is 11.4 Å². The summed E-state index contributed by atoms with van der Waals surface area (Å²) in [6, 6.07) is 6.44. The number of hydrogen-bond donors (Lipinski definition) is 1. The maximum absolute atomic E-state index is 14.3. The van der Waals surface area contributed by atoms with Crippen molar-refractivity contribution in [3.05, 3.63) is 45.8 Å². The predicted octanol–water partition coefficient (Wildman–Crippen LogP) is 2.29. The molecule has 1 aromatic carbocycles. The molecule has 112 valence electrons. The summed E-state index contributed by atoms with van der Waals surface area (Å²) >= 11 is 9.18. The zero-order valence-electron chi connectivity index (χ0n) is 11.3. The van der Waals surface area contributed by atoms with Gasteiger partial charge in [0.2, 0.25) is 0 Å². The van der Waals surface area contributed by atoms with Crippen LogP contribution in [0.1, 0.15) is 0 Å². The molecule has 0 aliphatic heterocycles. The highest BCUT2D eigenvalue weighted by Gasteiger charge is 2.27. The lowest BCUT2D eigenvalue weighted by Crippen LogP contribution is -2.42. The quantitative estimate of drug-likeness (QED) is 0.688. The number of benzene rings is 1. The van der Waals surface area contributed by atoms with Gasteiger partial charge in [-0.2, -0.15) is 0 Å². The fourth-order valence-electron chi connectivity index (χ4n) is 2.05. The third-order valence-electron chi connectivity index (χ3n) is 3.04. The summed E-state index contributed by atoms with van der Waals surface area (Å²) in [5.74, 6) is 0.0530. The Morgan fingerprint density at radius 2 is 2.18 bits per heavy atom. The number of aryl methyl sites for hydroxylation is 1. The lowest BCUT2D eigenvalue weighted by Gasteiger charge is -2.06. The van der Waals surface area contributed by atoms with E-state index < -0.39 is 5.82 Å². The fraction of sp³-hybridized carbons (Fsp3) is 0.0769. The van der Waals surface area contributed by atoms with Crippen LogP contribution in [0, 0.1) is 5.82 Å². The third-order valence-corrected chi connectivity index (χ3v) is 3.77. The maximum Gasteiger partial charge on any atom is 0.341 e. The summed E-state index contributed by atoms with van der Waals surface area (Å²) in [4.78, 5) is 5.45. The van der Waals surface area contributed by atoms with Crippen molar-refractivity contribution >= 4 is 33.3 Å². The van der Waals surface area contributed by atoms with Crippen LogP contribution >= 0.6 is 27.5 Å². The van der Waals surface area contributed by atoms with E-state index in [1.807, 2.05) is 0 Å². The van der Waals surface area contributed by atoms with E-state index in [2.05, 4.69) is 31.2 Å². The average Bonchev–Trinajstić information content (AvgIpc) is 2.86. The molecule has 0 amide bonds. The summed E-state index contributed by atoms with van der Waals surface area (Å²) in [6.45, 7) is 0. The molecule has 2 heterocycles. The van der Waals surface area contributed by atoms with Crippen molar-refractivity contribution < 1.29 is 9.07 Å². The van der Waals surface area contributed by atoms with Crippen LogP contribution in [0.3, 0.4) is 0 Å². The molecule has 2 aromatic heterocycles. The number of anilines is 1. The highest BCUT2D eigenvalue weighted by Crippen LogP contribution is 2.25. The summed E-state index contributed by atoms with van der Waals surface area (Å²) < 4.78 is 16.5. The van der Waals surface area contributed by atoms with Gasteiger partial charge in [-0.1, -0.05) is 22.5 Å². The van der Waals surface area contributed by atoms with Gasteiger partial charge in [0.05, 0.1) is 12.1 Å². The molecule has 2 N–H and O–H groups in total. The molecule has 0 atom stereocenters. The molecule has 0 spiro atoms. The van der Waals surface area contributed by atoms with E-state index >= 15 is 0 Å². The minimum atomic E-state index is -0.567. The normalized spacial score (nSPS) is 10.9. The van der Waals surface area contributed by atoms with E-state index in [9.17, 15) is 4.39 Å². The number of nitrogens with two attached hydrogens (primary N) is 1. The summed E-state index contributed by atoms with van der Waals surface area (Å²) in [6.07, 6.45) is 1.57. The molecule has 0 saturated heterocycles. The van der Waals surface area contributed by atoms with Gasteiger partial charge in [0.1, 0.15) is 16.5 Å². The lowest BCUT2D eigenvalue weighted by atomic mass is 10.2. The molecular weight excluding hydrogens is 375 g/mol. The number of nitrogen functional groups attached to an aromatic ring is 1. The van der Waals surface area contributed by atoms with Crippen molar-refractivity contribution in [1.29, 1.82) is 0 Å². The van der Waals surface area contributed by atoms with Gasteiger partial charge >= 0.3 is 5.82 Å². The van der Waals surface area contributed by atoms with Crippen LogP contribution in [-0.4, -0.2) is 20.1 Å². The van der Waals surface area contributed by atoms with Crippen LogP contribution in [0.4, 0.5) is 10.2 Å². The van der Waals surface area contributed by atoms with Crippen molar-refractivity contribution in [1.82, 2.24) is 20.1 Å². The Kier molecular flexibility index (Phi) is 3.79. The van der Waals surface area contributed by atoms with Gasteiger partial charge in [0.25, 0.3) is 0 Å². The van der Waals surface area contributed by atoms with E-state index in [1.165, 1.54) is 15.5 Å². The maximum atomic E-state index is 14.3. The Labute approximate surface area is 138 Å². The molecule has 0 aliphatic rings. The molecule has 0 fully saturated rings. The van der Waals surface area contributed by atoms with Crippen molar-refractivity contribution in [2.45, 2.75) is 0 Å². The minimum absolute atomic E-state index is 0.0116. The van der Waals surface area contributed by atoms with Gasteiger partial charge < -0.3 is 5.73 Å². The van der Waals surface area contributed by atoms with Crippen LogP contribution in [0.2, 0.25) is 5.02 Å². The Bertz CT molecular complexity index is 866. The highest BCUT2D eigenvalue weighted by atomic mass is 79.9. The van der Waals surface area contributed by atoms with Crippen LogP contribution in [0.5, 0.6) is 0 Å². The minimum Gasteiger partial charge on any atom is -0.383 e. The Morgan fingerprint density at radius 3 is 2.95 bits per heavy atom. The number of pyridine rings is 1. The summed E-state index contributed by atoms with van der Waals surface area (Å²) in [7, 11) is 1.64. The van der Waals surface area contributed by atoms with Crippen molar-refractivity contribution in [2.24, 2.45) is 7.05 Å². The van der Waals surface area contributed by atoms with Crippen molar-refractivity contribution in [3.8, 4) is 17.1 Å². The van der Waals surface area contributed by atoms with Gasteiger partial charge in [-0.3, -0.25) is 0 Å². The summed E-state index contributed by atoms with van der Waals surface area (Å²) in [5, 5.41) is 8.00. The third kappa shape index (κ3) is 2.44. The van der Waals surface area contributed by atoms with E-state index in [-0.39, 0.29) is 16.5 Å². The monoisotopic (exact) mass is 383 g/mol. The van der Waals surface area contributed by atoms with Crippen LogP contribution in [-0.2, 0) is 7.05 Å². The van der Waals surface area contributed by atoms with Crippen LogP contribution < -0.4 is 10.4 Å². The van der Waals surface area contributed by atoms with Gasteiger partial charge in [-0.15, -0.1) is 4.68 Å². The topological polar surface area (TPSA) is 73.5 Å². The number of rotatable bonds is 2. The zero-order chi connectivity index (χ0) is 15.9. The van der Waals surface area contributed by atoms with Crippen molar-refractivity contribution in [2.75, 3.05) is 5.73 Å². The Balaban J connectivity index is 2.29. The van der Waals surface area contributed by atoms with Crippen molar-refractivity contribution in [3.63, 3.8) is 0 Å². The van der Waals surface area contributed by atoms with E-state index in [4.69, 9.17) is 17.3 Å². The number of nitrogens with zero attached hydrogens (tertiary/aromatic N) is 5. The first-order valence-corrected chi connectivity index (χ1v) is 7.34.